The fraction of sp³-hybridized carbons (Fsp3) is 0.261. The third kappa shape index (κ3) is 3.67. The van der Waals surface area contributed by atoms with Crippen LogP contribution in [0.2, 0.25) is 5.02 Å². The minimum Gasteiger partial charge on any atom is -0.489 e. The van der Waals surface area contributed by atoms with Gasteiger partial charge in [0, 0.05) is 28.6 Å². The molecule has 0 saturated heterocycles. The molecule has 5 nitrogen and oxygen atoms in total. The van der Waals surface area contributed by atoms with Gasteiger partial charge in [0.05, 0.1) is 5.56 Å². The van der Waals surface area contributed by atoms with Crippen molar-refractivity contribution in [2.45, 2.75) is 25.7 Å². The minimum atomic E-state index is -0.250. The number of carbonyl (C=O) groups excluding carboxylic acids is 1. The van der Waals surface area contributed by atoms with Crippen LogP contribution in [0.15, 0.2) is 48.5 Å². The van der Waals surface area contributed by atoms with Crippen LogP contribution in [0.4, 0.5) is 5.00 Å². The Morgan fingerprint density at radius 1 is 1.17 bits per heavy atom. The molecule has 7 heteroatoms. The predicted octanol–water partition coefficient (Wildman–Crippen LogP) is 4.82. The fourth-order valence-corrected chi connectivity index (χ4v) is 5.49. The molecule has 0 spiro atoms. The van der Waals surface area contributed by atoms with Gasteiger partial charge in [-0.3, -0.25) is 4.79 Å². The second kappa shape index (κ2) is 7.95. The standard InChI is InChI=1S/C23H22ClN3O2S/c1-27-11-10-17-19(12-27)30-23-20(17)22(28)25-21(26-23)14-6-8-16(9-7-14)29-13-15-4-2-3-5-18(15)24/h2-9,21,26H,10-13H2,1H3,(H,25,28)/t21-/m0/s1. The van der Waals surface area contributed by atoms with Crippen molar-refractivity contribution in [1.82, 2.24) is 10.2 Å². The number of halogens is 1. The first kappa shape index (κ1) is 19.4. The van der Waals surface area contributed by atoms with E-state index < -0.39 is 0 Å². The van der Waals surface area contributed by atoms with Crippen LogP contribution in [0.3, 0.4) is 0 Å². The first-order valence-corrected chi connectivity index (χ1v) is 11.1. The van der Waals surface area contributed by atoms with Crippen molar-refractivity contribution in [1.29, 1.82) is 0 Å². The number of amides is 1. The number of thiophene rings is 1. The van der Waals surface area contributed by atoms with Gasteiger partial charge in [0.25, 0.3) is 5.91 Å². The lowest BCUT2D eigenvalue weighted by molar-refractivity contribution is 0.0935. The molecule has 1 atom stereocenters. The summed E-state index contributed by atoms with van der Waals surface area (Å²) in [5.74, 6) is 0.769. The zero-order chi connectivity index (χ0) is 20.7. The number of hydrogen-bond acceptors (Lipinski definition) is 5. The van der Waals surface area contributed by atoms with Crippen molar-refractivity contribution in [2.75, 3.05) is 18.9 Å². The molecule has 1 amide bonds. The lowest BCUT2D eigenvalue weighted by atomic mass is 10.0. The molecule has 5 rings (SSSR count). The van der Waals surface area contributed by atoms with Crippen molar-refractivity contribution < 1.29 is 9.53 Å². The summed E-state index contributed by atoms with van der Waals surface area (Å²) in [4.78, 5) is 16.4. The molecule has 0 aliphatic carbocycles. The summed E-state index contributed by atoms with van der Waals surface area (Å²) >= 11 is 7.89. The Morgan fingerprint density at radius 2 is 1.97 bits per heavy atom. The molecule has 2 aliphatic rings. The normalized spacial score (nSPS) is 18.2. The highest BCUT2D eigenvalue weighted by molar-refractivity contribution is 7.16. The van der Waals surface area contributed by atoms with E-state index in [1.54, 1.807) is 11.3 Å². The van der Waals surface area contributed by atoms with E-state index in [0.717, 1.165) is 47.0 Å². The molecule has 30 heavy (non-hydrogen) atoms. The number of nitrogens with one attached hydrogen (secondary N) is 2. The molecule has 2 N–H and O–H groups in total. The van der Waals surface area contributed by atoms with Gasteiger partial charge in [-0.2, -0.15) is 0 Å². The highest BCUT2D eigenvalue weighted by Gasteiger charge is 2.32. The second-order valence-electron chi connectivity index (χ2n) is 7.70. The summed E-state index contributed by atoms with van der Waals surface area (Å²) in [6.07, 6.45) is 0.676. The third-order valence-electron chi connectivity index (χ3n) is 5.59. The zero-order valence-electron chi connectivity index (χ0n) is 16.6. The molecule has 2 aliphatic heterocycles. The van der Waals surface area contributed by atoms with Crippen LogP contribution < -0.4 is 15.4 Å². The number of ether oxygens (including phenoxy) is 1. The minimum absolute atomic E-state index is 0.00912. The number of likely N-dealkylation sites (N-methyl/N-ethyl adjacent to an activating group) is 1. The van der Waals surface area contributed by atoms with Gasteiger partial charge < -0.3 is 20.3 Å². The summed E-state index contributed by atoms with van der Waals surface area (Å²) in [5, 5.41) is 8.29. The summed E-state index contributed by atoms with van der Waals surface area (Å²) in [6, 6.07) is 15.5. The maximum atomic E-state index is 12.8. The molecule has 0 bridgehead atoms. The number of anilines is 1. The van der Waals surface area contributed by atoms with Crippen molar-refractivity contribution in [2.24, 2.45) is 0 Å². The largest absolute Gasteiger partial charge is 0.489 e. The van der Waals surface area contributed by atoms with Gasteiger partial charge in [-0.25, -0.2) is 0 Å². The molecule has 1 aromatic heterocycles. The van der Waals surface area contributed by atoms with Gasteiger partial charge in [0.1, 0.15) is 23.5 Å². The Morgan fingerprint density at radius 3 is 2.77 bits per heavy atom. The third-order valence-corrected chi connectivity index (χ3v) is 7.11. The molecule has 2 aromatic carbocycles. The van der Waals surface area contributed by atoms with E-state index in [2.05, 4.69) is 22.6 Å². The van der Waals surface area contributed by atoms with Gasteiger partial charge in [-0.1, -0.05) is 41.9 Å². The Hall–Kier alpha value is -2.54. The van der Waals surface area contributed by atoms with E-state index >= 15 is 0 Å². The SMILES string of the molecule is CN1CCc2c(sc3c2C(=O)N[C@H](c2ccc(OCc4ccccc4Cl)cc2)N3)C1. The van der Waals surface area contributed by atoms with E-state index in [1.807, 2.05) is 48.5 Å². The van der Waals surface area contributed by atoms with E-state index in [0.29, 0.717) is 11.6 Å². The van der Waals surface area contributed by atoms with Crippen LogP contribution in [0.1, 0.15) is 38.1 Å². The smallest absolute Gasteiger partial charge is 0.256 e. The summed E-state index contributed by atoms with van der Waals surface area (Å²) in [5.41, 5.74) is 3.98. The molecular formula is C23H22ClN3O2S. The molecule has 0 saturated carbocycles. The van der Waals surface area contributed by atoms with Crippen molar-refractivity contribution in [3.05, 3.63) is 80.7 Å². The van der Waals surface area contributed by atoms with Crippen LogP contribution in [0.25, 0.3) is 0 Å². The summed E-state index contributed by atoms with van der Waals surface area (Å²) < 4.78 is 5.86. The first-order chi connectivity index (χ1) is 14.6. The molecule has 0 unspecified atom stereocenters. The van der Waals surface area contributed by atoms with Crippen molar-refractivity contribution >= 4 is 33.8 Å². The van der Waals surface area contributed by atoms with Gasteiger partial charge in [0.15, 0.2) is 0 Å². The van der Waals surface area contributed by atoms with E-state index in [4.69, 9.17) is 16.3 Å². The molecule has 0 radical (unpaired) electrons. The Balaban J connectivity index is 1.30. The summed E-state index contributed by atoms with van der Waals surface area (Å²) in [6.45, 7) is 2.31. The fourth-order valence-electron chi connectivity index (χ4n) is 3.94. The van der Waals surface area contributed by atoms with Crippen molar-refractivity contribution in [3.8, 4) is 5.75 Å². The molecule has 0 fully saturated rings. The lowest BCUT2D eigenvalue weighted by Crippen LogP contribution is -2.38. The number of carbonyl (C=O) groups is 1. The second-order valence-corrected chi connectivity index (χ2v) is 9.21. The van der Waals surface area contributed by atoms with E-state index in [-0.39, 0.29) is 12.1 Å². The number of hydrogen-bond donors (Lipinski definition) is 2. The van der Waals surface area contributed by atoms with Gasteiger partial charge >= 0.3 is 0 Å². The highest BCUT2D eigenvalue weighted by Crippen LogP contribution is 2.40. The monoisotopic (exact) mass is 439 g/mol. The van der Waals surface area contributed by atoms with Crippen LogP contribution in [0, 0.1) is 0 Å². The van der Waals surface area contributed by atoms with Crippen LogP contribution in [-0.2, 0) is 19.6 Å². The average molecular weight is 440 g/mol. The quantitative estimate of drug-likeness (QED) is 0.611. The average Bonchev–Trinajstić information content (AvgIpc) is 3.11. The van der Waals surface area contributed by atoms with Gasteiger partial charge in [-0.15, -0.1) is 11.3 Å². The molecule has 3 aromatic rings. The Kier molecular flexibility index (Phi) is 5.15. The zero-order valence-corrected chi connectivity index (χ0v) is 18.1. The van der Waals surface area contributed by atoms with Crippen LogP contribution >= 0.6 is 22.9 Å². The number of rotatable bonds is 4. The number of fused-ring (bicyclic) bond motifs is 3. The van der Waals surface area contributed by atoms with Crippen molar-refractivity contribution in [3.63, 3.8) is 0 Å². The molecule has 154 valence electrons. The number of nitrogens with zero attached hydrogens (tertiary/aromatic N) is 1. The molecule has 3 heterocycles. The number of benzene rings is 2. The highest BCUT2D eigenvalue weighted by atomic mass is 35.5. The topological polar surface area (TPSA) is 53.6 Å². The maximum absolute atomic E-state index is 12.8. The molecular weight excluding hydrogens is 418 g/mol. The van der Waals surface area contributed by atoms with Crippen LogP contribution in [-0.4, -0.2) is 24.4 Å². The van der Waals surface area contributed by atoms with E-state index in [9.17, 15) is 4.79 Å². The Labute approximate surface area is 184 Å². The Bertz CT molecular complexity index is 1100. The lowest BCUT2D eigenvalue weighted by Gasteiger charge is -2.27. The van der Waals surface area contributed by atoms with E-state index in [1.165, 1.54) is 10.4 Å². The van der Waals surface area contributed by atoms with Gasteiger partial charge in [0.2, 0.25) is 0 Å². The van der Waals surface area contributed by atoms with Crippen LogP contribution in [0.5, 0.6) is 5.75 Å². The summed E-state index contributed by atoms with van der Waals surface area (Å²) in [7, 11) is 2.12. The predicted molar refractivity (Wildman–Crippen MR) is 120 cm³/mol. The van der Waals surface area contributed by atoms with Gasteiger partial charge in [-0.05, 0) is 42.8 Å². The first-order valence-electron chi connectivity index (χ1n) is 9.95. The maximum Gasteiger partial charge on any atom is 0.256 e.